The molecule has 1 amide bonds. The SMILES string of the molecule is CC/C=C\C/C=C\C/C=C\C/C=C\C/C=C\C/C=C\C/C=C\C/C=C\C/C=C\CCCC(=O)NC(COC1OC(CO)C(OC2OC(CO)C(O)C(O)C2O)C(O)C1O)C(O)/C=C/CC/C=C/CC/C=C/CCCCC. The fourth-order valence-electron chi connectivity index (χ4n) is 7.97. The van der Waals surface area contributed by atoms with E-state index in [2.05, 4.69) is 147 Å². The van der Waals surface area contributed by atoms with Gasteiger partial charge in [0.05, 0.1) is 32.0 Å². The Hall–Kier alpha value is -4.13. The Labute approximate surface area is 455 Å². The number of carbonyl (C=O) groups is 1. The van der Waals surface area contributed by atoms with Gasteiger partial charge in [-0.2, -0.15) is 0 Å². The van der Waals surface area contributed by atoms with Gasteiger partial charge in [-0.1, -0.05) is 173 Å². The lowest BCUT2D eigenvalue weighted by atomic mass is 9.97. The molecule has 0 bridgehead atoms. The number of ether oxygens (including phenoxy) is 4. The van der Waals surface area contributed by atoms with Crippen molar-refractivity contribution < 1.29 is 64.6 Å². The van der Waals surface area contributed by atoms with Gasteiger partial charge in [-0.3, -0.25) is 4.79 Å². The average Bonchev–Trinajstić information content (AvgIpc) is 3.42. The smallest absolute Gasteiger partial charge is 0.220 e. The molecule has 428 valence electrons. The zero-order chi connectivity index (χ0) is 55.3. The lowest BCUT2D eigenvalue weighted by Gasteiger charge is -2.46. The van der Waals surface area contributed by atoms with Gasteiger partial charge in [0.15, 0.2) is 12.6 Å². The first-order valence-corrected chi connectivity index (χ1v) is 28.1. The number of hydrogen-bond acceptors (Lipinski definition) is 13. The Morgan fingerprint density at radius 2 is 0.908 bits per heavy atom. The van der Waals surface area contributed by atoms with Crippen LogP contribution in [0.1, 0.15) is 142 Å². The van der Waals surface area contributed by atoms with E-state index in [1.54, 1.807) is 6.08 Å². The summed E-state index contributed by atoms with van der Waals surface area (Å²) in [5.74, 6) is -0.320. The topological polar surface area (TPSA) is 228 Å². The first-order valence-electron chi connectivity index (χ1n) is 28.1. The number of unbranched alkanes of at least 4 members (excludes halogenated alkanes) is 6. The molecule has 2 heterocycles. The second-order valence-electron chi connectivity index (χ2n) is 19.0. The summed E-state index contributed by atoms with van der Waals surface area (Å²) in [4.78, 5) is 13.2. The monoisotopic (exact) mass is 1060 g/mol. The highest BCUT2D eigenvalue weighted by atomic mass is 16.7. The molecule has 9 N–H and O–H groups in total. The van der Waals surface area contributed by atoms with Crippen LogP contribution in [0.2, 0.25) is 0 Å². The van der Waals surface area contributed by atoms with Crippen LogP contribution >= 0.6 is 0 Å². The number of carbonyl (C=O) groups excluding carboxylic acids is 1. The maximum atomic E-state index is 13.2. The van der Waals surface area contributed by atoms with E-state index < -0.39 is 86.8 Å². The molecule has 2 aliphatic rings. The van der Waals surface area contributed by atoms with Gasteiger partial charge < -0.3 is 65.1 Å². The summed E-state index contributed by atoms with van der Waals surface area (Å²) in [6, 6.07) is -0.979. The van der Waals surface area contributed by atoms with Crippen molar-refractivity contribution in [2.45, 2.75) is 216 Å². The van der Waals surface area contributed by atoms with Crippen molar-refractivity contribution in [2.24, 2.45) is 0 Å². The van der Waals surface area contributed by atoms with Gasteiger partial charge >= 0.3 is 0 Å². The van der Waals surface area contributed by atoms with E-state index in [-0.39, 0.29) is 18.9 Å². The molecule has 0 spiro atoms. The van der Waals surface area contributed by atoms with E-state index in [1.165, 1.54) is 19.3 Å². The Balaban J connectivity index is 1.80. The molecule has 2 fully saturated rings. The number of allylic oxidation sites excluding steroid dienone is 23. The van der Waals surface area contributed by atoms with Gasteiger partial charge in [0, 0.05) is 6.42 Å². The summed E-state index contributed by atoms with van der Waals surface area (Å²) < 4.78 is 22.6. The van der Waals surface area contributed by atoms with Crippen molar-refractivity contribution in [3.63, 3.8) is 0 Å². The maximum absolute atomic E-state index is 13.2. The van der Waals surface area contributed by atoms with E-state index in [1.807, 2.05) is 12.2 Å². The standard InChI is InChI=1S/C62H97NO13/c1-3-5-7-9-11-13-15-17-18-19-20-21-22-23-24-25-26-27-28-29-30-31-32-34-36-38-40-42-44-46-54(67)63-50(51(66)45-43-41-39-37-35-33-16-14-12-10-8-6-4-2)49-73-61-59(72)57(70)60(53(48-65)75-61)76-62-58(71)56(69)55(68)52(47-64)74-62/h5,7,11-14,17-18,20-21,23-24,26-27,29-30,32,34-35,37-38,40,43,45,50-53,55-62,64-66,68-72H,3-4,6,8-10,15-16,19,22,25,28,31,33,36,39,41-42,44,46-49H2,1-2H3,(H,63,67)/b7-5-,13-11-,14-12+,18-17-,21-20-,24-23-,27-26-,30-29-,34-32-,37-35+,40-38-,45-43+. The van der Waals surface area contributed by atoms with Crippen LogP contribution in [0, 0.1) is 0 Å². The second kappa shape index (κ2) is 45.8. The van der Waals surface area contributed by atoms with Gasteiger partial charge in [0.25, 0.3) is 0 Å². The van der Waals surface area contributed by atoms with Crippen LogP contribution in [0.25, 0.3) is 0 Å². The summed E-state index contributed by atoms with van der Waals surface area (Å²) in [6.07, 6.45) is 51.8. The number of aliphatic hydroxyl groups excluding tert-OH is 8. The molecule has 2 aliphatic heterocycles. The van der Waals surface area contributed by atoms with Crippen LogP contribution in [-0.4, -0.2) is 140 Å². The maximum Gasteiger partial charge on any atom is 0.220 e. The summed E-state index contributed by atoms with van der Waals surface area (Å²) in [7, 11) is 0. The third-order valence-corrected chi connectivity index (χ3v) is 12.5. The zero-order valence-corrected chi connectivity index (χ0v) is 45.7. The van der Waals surface area contributed by atoms with Crippen LogP contribution in [0.15, 0.2) is 146 Å². The van der Waals surface area contributed by atoms with Crippen molar-refractivity contribution in [1.82, 2.24) is 5.32 Å². The third kappa shape index (κ3) is 31.3. The molecule has 0 radical (unpaired) electrons. The Morgan fingerprint density at radius 1 is 0.487 bits per heavy atom. The molecular formula is C62H97NO13. The van der Waals surface area contributed by atoms with Crippen molar-refractivity contribution in [1.29, 1.82) is 0 Å². The van der Waals surface area contributed by atoms with E-state index in [0.717, 1.165) is 83.5 Å². The summed E-state index contributed by atoms with van der Waals surface area (Å²) in [5, 5.41) is 86.8. The second-order valence-corrected chi connectivity index (χ2v) is 19.0. The quantitative estimate of drug-likeness (QED) is 0.0206. The summed E-state index contributed by atoms with van der Waals surface area (Å²) in [5.41, 5.74) is 0. The van der Waals surface area contributed by atoms with Crippen LogP contribution in [0.3, 0.4) is 0 Å². The third-order valence-electron chi connectivity index (χ3n) is 12.5. The molecule has 0 saturated carbocycles. The Kier molecular flexibility index (Phi) is 41.0. The van der Waals surface area contributed by atoms with Gasteiger partial charge in [0.1, 0.15) is 48.8 Å². The van der Waals surface area contributed by atoms with Gasteiger partial charge in [-0.15, -0.1) is 0 Å². The molecular weight excluding hydrogens is 967 g/mol. The normalized spacial score (nSPS) is 26.0. The summed E-state index contributed by atoms with van der Waals surface area (Å²) >= 11 is 0. The fraction of sp³-hybridized carbons (Fsp3) is 0.597. The largest absolute Gasteiger partial charge is 0.394 e. The number of aliphatic hydroxyl groups is 8. The van der Waals surface area contributed by atoms with Crippen LogP contribution in [0.4, 0.5) is 0 Å². The zero-order valence-electron chi connectivity index (χ0n) is 45.7. The Bertz CT molecular complexity index is 1830. The van der Waals surface area contributed by atoms with Crippen molar-refractivity contribution in [2.75, 3.05) is 19.8 Å². The minimum atomic E-state index is -1.81. The summed E-state index contributed by atoms with van der Waals surface area (Å²) in [6.45, 7) is 2.54. The molecule has 12 atom stereocenters. The fourth-order valence-corrected chi connectivity index (χ4v) is 7.97. The highest BCUT2D eigenvalue weighted by Crippen LogP contribution is 2.30. The van der Waals surface area contributed by atoms with E-state index >= 15 is 0 Å². The van der Waals surface area contributed by atoms with Gasteiger partial charge in [-0.05, 0) is 109 Å². The molecule has 0 aromatic rings. The molecule has 2 rings (SSSR count). The number of hydrogen-bond donors (Lipinski definition) is 9. The van der Waals surface area contributed by atoms with Gasteiger partial charge in [-0.25, -0.2) is 0 Å². The lowest BCUT2D eigenvalue weighted by molar-refractivity contribution is -0.359. The minimum absolute atomic E-state index is 0.179. The van der Waals surface area contributed by atoms with Crippen molar-refractivity contribution in [3.05, 3.63) is 146 Å². The van der Waals surface area contributed by atoms with Crippen LogP contribution in [0.5, 0.6) is 0 Å². The minimum Gasteiger partial charge on any atom is -0.394 e. The van der Waals surface area contributed by atoms with E-state index in [0.29, 0.717) is 19.3 Å². The molecule has 0 aromatic carbocycles. The first kappa shape index (κ1) is 68.0. The van der Waals surface area contributed by atoms with Crippen LogP contribution < -0.4 is 5.32 Å². The lowest BCUT2D eigenvalue weighted by Crippen LogP contribution is -2.65. The Morgan fingerprint density at radius 3 is 1.39 bits per heavy atom. The molecule has 0 aliphatic carbocycles. The average molecular weight is 1060 g/mol. The number of rotatable bonds is 41. The predicted molar refractivity (Wildman–Crippen MR) is 304 cm³/mol. The predicted octanol–water partition coefficient (Wildman–Crippen LogP) is 8.99. The van der Waals surface area contributed by atoms with Crippen LogP contribution in [-0.2, 0) is 23.7 Å². The molecule has 14 nitrogen and oxygen atoms in total. The molecule has 0 aromatic heterocycles. The van der Waals surface area contributed by atoms with Crippen molar-refractivity contribution >= 4 is 5.91 Å². The molecule has 2 saturated heterocycles. The van der Waals surface area contributed by atoms with Gasteiger partial charge in [0.2, 0.25) is 5.91 Å². The number of nitrogens with one attached hydrogen (secondary N) is 1. The first-order chi connectivity index (χ1) is 37.1. The van der Waals surface area contributed by atoms with E-state index in [9.17, 15) is 45.6 Å². The molecule has 76 heavy (non-hydrogen) atoms. The highest BCUT2D eigenvalue weighted by Gasteiger charge is 2.51. The molecule has 12 unspecified atom stereocenters. The number of amides is 1. The van der Waals surface area contributed by atoms with E-state index in [4.69, 9.17) is 18.9 Å². The highest BCUT2D eigenvalue weighted by molar-refractivity contribution is 5.76. The van der Waals surface area contributed by atoms with Crippen molar-refractivity contribution in [3.8, 4) is 0 Å². The molecule has 14 heteroatoms.